The molecule has 1 aromatic carbocycles. The monoisotopic (exact) mass is 360 g/mol. The molecule has 5 nitrogen and oxygen atoms in total. The Morgan fingerprint density at radius 2 is 1.96 bits per heavy atom. The topological polar surface area (TPSA) is 42.3 Å². The second-order valence-corrected chi connectivity index (χ2v) is 7.22. The molecule has 0 spiro atoms. The average Bonchev–Trinajstić information content (AvgIpc) is 3.32. The minimum Gasteiger partial charge on any atom is -0.378 e. The van der Waals surface area contributed by atoms with Gasteiger partial charge >= 0.3 is 0 Å². The number of morpholine rings is 1. The number of hydrogen-bond donors (Lipinski definition) is 1. The number of para-hydroxylation sites is 1. The predicted molar refractivity (Wildman–Crippen MR) is 102 cm³/mol. The zero-order valence-electron chi connectivity index (χ0n) is 14.5. The van der Waals surface area contributed by atoms with Gasteiger partial charge in [0.2, 0.25) is 0 Å². The Morgan fingerprint density at radius 3 is 2.76 bits per heavy atom. The summed E-state index contributed by atoms with van der Waals surface area (Å²) < 4.78 is 7.61. The molecule has 2 heterocycles. The number of aromatic nitrogens is 2. The maximum Gasteiger partial charge on any atom is 0.0815 e. The van der Waals surface area contributed by atoms with Crippen molar-refractivity contribution >= 4 is 23.0 Å². The number of benzene rings is 1. The molecule has 4 rings (SSSR count). The first kappa shape index (κ1) is 16.7. The lowest BCUT2D eigenvalue weighted by atomic mass is 10.2. The van der Waals surface area contributed by atoms with Crippen LogP contribution in [0.15, 0.2) is 30.5 Å². The van der Waals surface area contributed by atoms with Crippen LogP contribution in [0, 0.1) is 0 Å². The molecule has 134 valence electrons. The van der Waals surface area contributed by atoms with Crippen LogP contribution in [0.1, 0.15) is 37.4 Å². The SMILES string of the molecule is Clc1cccc(NCc2ccn(C3CCCC3)n2)c1N1CCOCC1. The average molecular weight is 361 g/mol. The molecule has 2 aromatic rings. The Balaban J connectivity index is 1.46. The maximum absolute atomic E-state index is 6.49. The van der Waals surface area contributed by atoms with Gasteiger partial charge in [0, 0.05) is 19.3 Å². The lowest BCUT2D eigenvalue weighted by Gasteiger charge is -2.31. The number of hydrogen-bond acceptors (Lipinski definition) is 4. The van der Waals surface area contributed by atoms with Crippen molar-refractivity contribution < 1.29 is 4.74 Å². The molecule has 0 radical (unpaired) electrons. The molecule has 2 aliphatic rings. The first-order valence-corrected chi connectivity index (χ1v) is 9.58. The largest absolute Gasteiger partial charge is 0.378 e. The van der Waals surface area contributed by atoms with Crippen LogP contribution in [0.4, 0.5) is 11.4 Å². The molecule has 0 atom stereocenters. The van der Waals surface area contributed by atoms with Crippen LogP contribution in [0.25, 0.3) is 0 Å². The first-order chi connectivity index (χ1) is 12.3. The molecule has 1 aliphatic carbocycles. The second kappa shape index (κ2) is 7.67. The van der Waals surface area contributed by atoms with Gasteiger partial charge in [0.05, 0.1) is 47.9 Å². The van der Waals surface area contributed by atoms with E-state index in [1.165, 1.54) is 25.7 Å². The minimum absolute atomic E-state index is 0.587. The summed E-state index contributed by atoms with van der Waals surface area (Å²) in [6.07, 6.45) is 7.27. The quantitative estimate of drug-likeness (QED) is 0.871. The summed E-state index contributed by atoms with van der Waals surface area (Å²) in [6, 6.07) is 8.73. The smallest absolute Gasteiger partial charge is 0.0815 e. The summed E-state index contributed by atoms with van der Waals surface area (Å²) in [6.45, 7) is 3.94. The zero-order chi connectivity index (χ0) is 17.1. The van der Waals surface area contributed by atoms with E-state index in [2.05, 4.69) is 33.2 Å². The van der Waals surface area contributed by atoms with E-state index in [1.807, 2.05) is 12.1 Å². The summed E-state index contributed by atoms with van der Waals surface area (Å²) in [5.41, 5.74) is 3.20. The molecule has 25 heavy (non-hydrogen) atoms. The third kappa shape index (κ3) is 3.77. The van der Waals surface area contributed by atoms with Gasteiger partial charge in [0.25, 0.3) is 0 Å². The van der Waals surface area contributed by atoms with Crippen molar-refractivity contribution in [3.63, 3.8) is 0 Å². The number of anilines is 2. The third-order valence-electron chi connectivity index (χ3n) is 5.14. The fourth-order valence-electron chi connectivity index (χ4n) is 3.80. The van der Waals surface area contributed by atoms with E-state index in [0.717, 1.165) is 48.4 Å². The summed E-state index contributed by atoms with van der Waals surface area (Å²) in [7, 11) is 0. The van der Waals surface area contributed by atoms with E-state index in [0.29, 0.717) is 12.6 Å². The van der Waals surface area contributed by atoms with E-state index in [4.69, 9.17) is 21.4 Å². The minimum atomic E-state index is 0.587. The van der Waals surface area contributed by atoms with Crippen LogP contribution in [-0.4, -0.2) is 36.1 Å². The first-order valence-electron chi connectivity index (χ1n) is 9.20. The fourth-order valence-corrected chi connectivity index (χ4v) is 4.09. The van der Waals surface area contributed by atoms with Crippen LogP contribution >= 0.6 is 11.6 Å². The highest BCUT2D eigenvalue weighted by atomic mass is 35.5. The zero-order valence-corrected chi connectivity index (χ0v) is 15.2. The molecular formula is C19H25ClN4O. The second-order valence-electron chi connectivity index (χ2n) is 6.81. The standard InChI is InChI=1S/C19H25ClN4O/c20-17-6-3-7-18(19(17)23-10-12-25-13-11-23)21-14-15-8-9-24(22-15)16-4-1-2-5-16/h3,6-9,16,21H,1-2,4-5,10-14H2. The maximum atomic E-state index is 6.49. The molecule has 1 N–H and O–H groups in total. The van der Waals surface area contributed by atoms with E-state index < -0.39 is 0 Å². The molecule has 6 heteroatoms. The Morgan fingerprint density at radius 1 is 1.16 bits per heavy atom. The van der Waals surface area contributed by atoms with Gasteiger partial charge in [-0.1, -0.05) is 30.5 Å². The molecule has 1 saturated carbocycles. The van der Waals surface area contributed by atoms with Gasteiger partial charge in [-0.3, -0.25) is 4.68 Å². The van der Waals surface area contributed by atoms with E-state index in [-0.39, 0.29) is 0 Å². The molecular weight excluding hydrogens is 336 g/mol. The van der Waals surface area contributed by atoms with Crippen molar-refractivity contribution in [1.29, 1.82) is 0 Å². The van der Waals surface area contributed by atoms with Gasteiger partial charge in [0.1, 0.15) is 0 Å². The van der Waals surface area contributed by atoms with Gasteiger partial charge in [-0.2, -0.15) is 5.10 Å². The summed E-state index contributed by atoms with van der Waals surface area (Å²) in [5, 5.41) is 9.07. The number of ether oxygens (including phenoxy) is 1. The van der Waals surface area contributed by atoms with E-state index in [9.17, 15) is 0 Å². The third-order valence-corrected chi connectivity index (χ3v) is 5.44. The Labute approximate surface area is 153 Å². The molecule has 1 aliphatic heterocycles. The Kier molecular flexibility index (Phi) is 5.13. The predicted octanol–water partition coefficient (Wildman–Crippen LogP) is 4.10. The molecule has 0 bridgehead atoms. The summed E-state index contributed by atoms with van der Waals surface area (Å²) in [4.78, 5) is 2.30. The van der Waals surface area contributed by atoms with E-state index >= 15 is 0 Å². The summed E-state index contributed by atoms with van der Waals surface area (Å²) in [5.74, 6) is 0. The van der Waals surface area contributed by atoms with Gasteiger partial charge in [-0.15, -0.1) is 0 Å². The number of nitrogens with zero attached hydrogens (tertiary/aromatic N) is 3. The molecule has 1 aromatic heterocycles. The molecule has 2 fully saturated rings. The van der Waals surface area contributed by atoms with Crippen molar-refractivity contribution in [3.8, 4) is 0 Å². The van der Waals surface area contributed by atoms with Crippen LogP contribution in [0.3, 0.4) is 0 Å². The fraction of sp³-hybridized carbons (Fsp3) is 0.526. The van der Waals surface area contributed by atoms with Crippen molar-refractivity contribution in [3.05, 3.63) is 41.2 Å². The van der Waals surface area contributed by atoms with E-state index in [1.54, 1.807) is 0 Å². The van der Waals surface area contributed by atoms with Crippen LogP contribution < -0.4 is 10.2 Å². The molecule has 0 amide bonds. The van der Waals surface area contributed by atoms with Gasteiger partial charge < -0.3 is 15.0 Å². The van der Waals surface area contributed by atoms with Crippen molar-refractivity contribution in [2.24, 2.45) is 0 Å². The van der Waals surface area contributed by atoms with Crippen molar-refractivity contribution in [2.45, 2.75) is 38.3 Å². The highest BCUT2D eigenvalue weighted by Gasteiger charge is 2.19. The molecule has 1 saturated heterocycles. The van der Waals surface area contributed by atoms with Gasteiger partial charge in [-0.25, -0.2) is 0 Å². The number of halogens is 1. The van der Waals surface area contributed by atoms with Crippen LogP contribution in [0.2, 0.25) is 5.02 Å². The lowest BCUT2D eigenvalue weighted by molar-refractivity contribution is 0.123. The van der Waals surface area contributed by atoms with Crippen LogP contribution in [-0.2, 0) is 11.3 Å². The van der Waals surface area contributed by atoms with Gasteiger partial charge in [0.15, 0.2) is 0 Å². The van der Waals surface area contributed by atoms with Crippen molar-refractivity contribution in [1.82, 2.24) is 9.78 Å². The Bertz CT molecular complexity index is 705. The highest BCUT2D eigenvalue weighted by molar-refractivity contribution is 6.34. The summed E-state index contributed by atoms with van der Waals surface area (Å²) >= 11 is 6.49. The van der Waals surface area contributed by atoms with Gasteiger partial charge in [-0.05, 0) is 31.0 Å². The number of rotatable bonds is 5. The Hall–Kier alpha value is -1.72. The van der Waals surface area contributed by atoms with Crippen LogP contribution in [0.5, 0.6) is 0 Å². The number of nitrogens with one attached hydrogen (secondary N) is 1. The lowest BCUT2D eigenvalue weighted by Crippen LogP contribution is -2.36. The normalized spacial score (nSPS) is 18.7. The van der Waals surface area contributed by atoms with Crippen molar-refractivity contribution in [2.75, 3.05) is 36.5 Å². The molecule has 0 unspecified atom stereocenters. The highest BCUT2D eigenvalue weighted by Crippen LogP contribution is 2.35.